The normalized spacial score (nSPS) is 19.6. The third kappa shape index (κ3) is 2.93. The van der Waals surface area contributed by atoms with Gasteiger partial charge in [-0.15, -0.1) is 0 Å². The average molecular weight is 262 g/mol. The van der Waals surface area contributed by atoms with Gasteiger partial charge in [0.1, 0.15) is 5.75 Å². The van der Waals surface area contributed by atoms with E-state index in [9.17, 15) is 0 Å². The Morgan fingerprint density at radius 3 is 2.21 bits per heavy atom. The Morgan fingerprint density at radius 1 is 1.21 bits per heavy atom. The summed E-state index contributed by atoms with van der Waals surface area (Å²) in [6.45, 7) is 7.54. The summed E-state index contributed by atoms with van der Waals surface area (Å²) in [5.74, 6) is 0.913. The molecule has 0 atom stereocenters. The predicted molar refractivity (Wildman–Crippen MR) is 79.7 cm³/mol. The van der Waals surface area contributed by atoms with Crippen LogP contribution in [-0.4, -0.2) is 37.7 Å². The van der Waals surface area contributed by atoms with Crippen molar-refractivity contribution in [3.8, 4) is 5.75 Å². The Balaban J connectivity index is 2.15. The molecule has 1 heterocycles. The first kappa shape index (κ1) is 14.4. The van der Waals surface area contributed by atoms with Gasteiger partial charge in [-0.2, -0.15) is 0 Å². The van der Waals surface area contributed by atoms with Gasteiger partial charge in [-0.25, -0.2) is 0 Å². The lowest BCUT2D eigenvalue weighted by molar-refractivity contribution is 0.132. The van der Waals surface area contributed by atoms with E-state index in [4.69, 9.17) is 10.5 Å². The second-order valence-electron chi connectivity index (χ2n) is 5.84. The summed E-state index contributed by atoms with van der Waals surface area (Å²) in [7, 11) is 1.70. The zero-order valence-corrected chi connectivity index (χ0v) is 12.4. The molecule has 3 heteroatoms. The molecule has 3 nitrogen and oxygen atoms in total. The molecule has 1 aromatic rings. The van der Waals surface area contributed by atoms with Gasteiger partial charge in [0.2, 0.25) is 0 Å². The number of piperidine rings is 1. The number of nitrogens with two attached hydrogens (primary N) is 1. The lowest BCUT2D eigenvalue weighted by atomic mass is 9.72. The third-order valence-electron chi connectivity index (χ3n) is 4.58. The molecule has 0 bridgehead atoms. The summed E-state index contributed by atoms with van der Waals surface area (Å²) in [5, 5.41) is 0. The third-order valence-corrected chi connectivity index (χ3v) is 4.58. The number of methoxy groups -OCH3 is 1. The minimum Gasteiger partial charge on any atom is -0.497 e. The zero-order valence-electron chi connectivity index (χ0n) is 12.4. The Hall–Kier alpha value is -1.06. The van der Waals surface area contributed by atoms with E-state index in [2.05, 4.69) is 30.9 Å². The minimum atomic E-state index is 0.150. The highest BCUT2D eigenvalue weighted by Crippen LogP contribution is 2.35. The van der Waals surface area contributed by atoms with Gasteiger partial charge in [0, 0.05) is 18.0 Å². The van der Waals surface area contributed by atoms with Crippen LogP contribution in [0.1, 0.15) is 32.3 Å². The number of rotatable bonds is 4. The van der Waals surface area contributed by atoms with Gasteiger partial charge < -0.3 is 15.4 Å². The van der Waals surface area contributed by atoms with Crippen molar-refractivity contribution >= 4 is 0 Å². The predicted octanol–water partition coefficient (Wildman–Crippen LogP) is 2.40. The second-order valence-corrected chi connectivity index (χ2v) is 5.84. The van der Waals surface area contributed by atoms with Gasteiger partial charge in [0.15, 0.2) is 0 Å². The van der Waals surface area contributed by atoms with E-state index in [0.717, 1.165) is 38.2 Å². The molecular weight excluding hydrogens is 236 g/mol. The molecule has 2 N–H and O–H groups in total. The molecule has 106 valence electrons. The summed E-state index contributed by atoms with van der Waals surface area (Å²) >= 11 is 0. The van der Waals surface area contributed by atoms with Crippen molar-refractivity contribution in [3.05, 3.63) is 29.8 Å². The molecule has 0 unspecified atom stereocenters. The summed E-state index contributed by atoms with van der Waals surface area (Å²) in [4.78, 5) is 2.54. The van der Waals surface area contributed by atoms with Crippen molar-refractivity contribution in [1.82, 2.24) is 4.90 Å². The first-order valence-corrected chi connectivity index (χ1v) is 7.20. The van der Waals surface area contributed by atoms with Crippen LogP contribution in [0.25, 0.3) is 0 Å². The van der Waals surface area contributed by atoms with Crippen LogP contribution in [0.4, 0.5) is 0 Å². The van der Waals surface area contributed by atoms with Gasteiger partial charge in [-0.05, 0) is 57.5 Å². The highest BCUT2D eigenvalue weighted by molar-refractivity contribution is 5.33. The molecule has 1 aliphatic rings. The number of likely N-dealkylation sites (tertiary alicyclic amines) is 1. The van der Waals surface area contributed by atoms with E-state index >= 15 is 0 Å². The van der Waals surface area contributed by atoms with Crippen molar-refractivity contribution < 1.29 is 4.74 Å². The van der Waals surface area contributed by atoms with Crippen molar-refractivity contribution in [3.63, 3.8) is 0 Å². The van der Waals surface area contributed by atoms with Gasteiger partial charge in [-0.3, -0.25) is 0 Å². The maximum Gasteiger partial charge on any atom is 0.118 e. The van der Waals surface area contributed by atoms with Gasteiger partial charge in [-0.1, -0.05) is 12.1 Å². The fraction of sp³-hybridized carbons (Fsp3) is 0.625. The molecular formula is C16H26N2O. The number of nitrogens with zero attached hydrogens (tertiary/aromatic N) is 1. The van der Waals surface area contributed by atoms with E-state index < -0.39 is 0 Å². The smallest absolute Gasteiger partial charge is 0.118 e. The van der Waals surface area contributed by atoms with E-state index in [0.29, 0.717) is 6.04 Å². The molecule has 0 amide bonds. The van der Waals surface area contributed by atoms with E-state index in [-0.39, 0.29) is 5.41 Å². The van der Waals surface area contributed by atoms with Crippen LogP contribution >= 0.6 is 0 Å². The molecule has 1 saturated heterocycles. The van der Waals surface area contributed by atoms with Crippen LogP contribution in [0.5, 0.6) is 5.75 Å². The molecule has 19 heavy (non-hydrogen) atoms. The Kier molecular flexibility index (Phi) is 4.48. The monoisotopic (exact) mass is 262 g/mol. The standard InChI is InChI=1S/C16H26N2O/c1-13(2)18-10-8-16(12-17,9-11-18)14-4-6-15(19-3)7-5-14/h4-7,13H,8-12,17H2,1-3H3. The summed E-state index contributed by atoms with van der Waals surface area (Å²) < 4.78 is 5.23. The van der Waals surface area contributed by atoms with Crippen LogP contribution in [0.2, 0.25) is 0 Å². The highest BCUT2D eigenvalue weighted by Gasteiger charge is 2.35. The van der Waals surface area contributed by atoms with Gasteiger partial charge >= 0.3 is 0 Å². The maximum atomic E-state index is 6.11. The molecule has 2 rings (SSSR count). The first-order chi connectivity index (χ1) is 9.11. The Labute approximate surface area is 116 Å². The maximum absolute atomic E-state index is 6.11. The number of benzene rings is 1. The molecule has 1 aliphatic heterocycles. The SMILES string of the molecule is COc1ccc(C2(CN)CCN(C(C)C)CC2)cc1. The summed E-state index contributed by atoms with van der Waals surface area (Å²) in [6, 6.07) is 9.07. The minimum absolute atomic E-state index is 0.150. The van der Waals surface area contributed by atoms with Crippen LogP contribution in [-0.2, 0) is 5.41 Å². The number of hydrogen-bond acceptors (Lipinski definition) is 3. The lowest BCUT2D eigenvalue weighted by Gasteiger charge is -2.43. The van der Waals surface area contributed by atoms with Crippen molar-refractivity contribution in [2.75, 3.05) is 26.7 Å². The van der Waals surface area contributed by atoms with Crippen molar-refractivity contribution in [1.29, 1.82) is 0 Å². The van der Waals surface area contributed by atoms with Crippen LogP contribution < -0.4 is 10.5 Å². The molecule has 0 spiro atoms. The quantitative estimate of drug-likeness (QED) is 0.905. The first-order valence-electron chi connectivity index (χ1n) is 7.20. The zero-order chi connectivity index (χ0) is 13.9. The van der Waals surface area contributed by atoms with Crippen molar-refractivity contribution in [2.45, 2.75) is 38.1 Å². The van der Waals surface area contributed by atoms with Crippen LogP contribution in [0, 0.1) is 0 Å². The van der Waals surface area contributed by atoms with Crippen LogP contribution in [0.15, 0.2) is 24.3 Å². The van der Waals surface area contributed by atoms with Gasteiger partial charge in [0.05, 0.1) is 7.11 Å². The van der Waals surface area contributed by atoms with E-state index in [1.165, 1.54) is 5.56 Å². The fourth-order valence-corrected chi connectivity index (χ4v) is 3.02. The lowest BCUT2D eigenvalue weighted by Crippen LogP contribution is -2.48. The average Bonchev–Trinajstić information content (AvgIpc) is 2.47. The molecule has 0 aromatic heterocycles. The molecule has 1 fully saturated rings. The molecule has 0 saturated carbocycles. The molecule has 0 aliphatic carbocycles. The second kappa shape index (κ2) is 5.93. The largest absolute Gasteiger partial charge is 0.497 e. The number of hydrogen-bond donors (Lipinski definition) is 1. The fourth-order valence-electron chi connectivity index (χ4n) is 3.02. The van der Waals surface area contributed by atoms with Crippen LogP contribution in [0.3, 0.4) is 0 Å². The molecule has 0 radical (unpaired) electrons. The van der Waals surface area contributed by atoms with Gasteiger partial charge in [0.25, 0.3) is 0 Å². The summed E-state index contributed by atoms with van der Waals surface area (Å²) in [6.07, 6.45) is 2.29. The Bertz CT molecular complexity index is 392. The Morgan fingerprint density at radius 2 is 1.79 bits per heavy atom. The van der Waals surface area contributed by atoms with E-state index in [1.54, 1.807) is 7.11 Å². The molecule has 1 aromatic carbocycles. The van der Waals surface area contributed by atoms with E-state index in [1.807, 2.05) is 12.1 Å². The van der Waals surface area contributed by atoms with Crippen molar-refractivity contribution in [2.24, 2.45) is 5.73 Å². The summed E-state index contributed by atoms with van der Waals surface area (Å²) in [5.41, 5.74) is 7.62. The number of ether oxygens (including phenoxy) is 1. The highest BCUT2D eigenvalue weighted by atomic mass is 16.5. The topological polar surface area (TPSA) is 38.5 Å².